The number of carboxylic acids is 1. The van der Waals surface area contributed by atoms with Crippen LogP contribution in [0.4, 0.5) is 5.69 Å². The summed E-state index contributed by atoms with van der Waals surface area (Å²) in [5.41, 5.74) is 2.90. The van der Waals surface area contributed by atoms with Gasteiger partial charge in [0.25, 0.3) is 0 Å². The monoisotopic (exact) mass is 345 g/mol. The Morgan fingerprint density at radius 3 is 1.88 bits per heavy atom. The summed E-state index contributed by atoms with van der Waals surface area (Å²) in [7, 11) is 0. The molecular formula is C22H19NO3. The molecule has 0 heterocycles. The van der Waals surface area contributed by atoms with Crippen molar-refractivity contribution in [3.63, 3.8) is 0 Å². The molecule has 0 bridgehead atoms. The second kappa shape index (κ2) is 7.66. The van der Waals surface area contributed by atoms with Gasteiger partial charge in [-0.15, -0.1) is 0 Å². The molecule has 130 valence electrons. The summed E-state index contributed by atoms with van der Waals surface area (Å²) >= 11 is 0. The molecule has 0 saturated heterocycles. The van der Waals surface area contributed by atoms with Crippen LogP contribution in [0, 0.1) is 6.92 Å². The number of hydrogen-bond donors (Lipinski definition) is 2. The summed E-state index contributed by atoms with van der Waals surface area (Å²) in [5.74, 6) is -1.87. The van der Waals surface area contributed by atoms with Crippen molar-refractivity contribution in [1.82, 2.24) is 0 Å². The average Bonchev–Trinajstić information content (AvgIpc) is 2.65. The van der Waals surface area contributed by atoms with Crippen LogP contribution >= 0.6 is 0 Å². The first kappa shape index (κ1) is 17.4. The van der Waals surface area contributed by atoms with Gasteiger partial charge in [-0.3, -0.25) is 4.79 Å². The molecule has 0 radical (unpaired) electrons. The Hall–Kier alpha value is -3.40. The molecule has 0 aliphatic carbocycles. The molecule has 0 unspecified atom stereocenters. The number of benzene rings is 3. The second-order valence-electron chi connectivity index (χ2n) is 6.10. The highest BCUT2D eigenvalue weighted by Gasteiger charge is 2.24. The van der Waals surface area contributed by atoms with E-state index in [1.807, 2.05) is 67.6 Å². The number of anilines is 1. The third-order valence-corrected chi connectivity index (χ3v) is 4.19. The molecule has 0 atom stereocenters. The lowest BCUT2D eigenvalue weighted by atomic mass is 9.90. The van der Waals surface area contributed by atoms with Crippen molar-refractivity contribution < 1.29 is 14.7 Å². The Morgan fingerprint density at radius 1 is 0.846 bits per heavy atom. The highest BCUT2D eigenvalue weighted by atomic mass is 16.4. The van der Waals surface area contributed by atoms with Crippen molar-refractivity contribution in [3.8, 4) is 0 Å². The highest BCUT2D eigenvalue weighted by molar-refractivity contribution is 6.03. The van der Waals surface area contributed by atoms with E-state index in [9.17, 15) is 14.7 Å². The Morgan fingerprint density at radius 2 is 1.38 bits per heavy atom. The number of carbonyl (C=O) groups excluding carboxylic acids is 1. The fraction of sp³-hybridized carbons (Fsp3) is 0.0909. The fourth-order valence-electron chi connectivity index (χ4n) is 2.94. The van der Waals surface area contributed by atoms with Gasteiger partial charge in [-0.2, -0.15) is 0 Å². The Kier molecular flexibility index (Phi) is 5.13. The van der Waals surface area contributed by atoms with Gasteiger partial charge in [-0.1, -0.05) is 72.3 Å². The van der Waals surface area contributed by atoms with Crippen LogP contribution in [-0.4, -0.2) is 17.0 Å². The number of nitrogens with one attached hydrogen (secondary N) is 1. The molecule has 0 spiro atoms. The van der Waals surface area contributed by atoms with Crippen LogP contribution in [0.15, 0.2) is 78.9 Å². The predicted octanol–water partition coefficient (Wildman–Crippen LogP) is 4.46. The van der Waals surface area contributed by atoms with Crippen LogP contribution in [0.2, 0.25) is 0 Å². The quantitative estimate of drug-likeness (QED) is 0.717. The zero-order chi connectivity index (χ0) is 18.5. The third-order valence-electron chi connectivity index (χ3n) is 4.19. The molecule has 4 nitrogen and oxygen atoms in total. The van der Waals surface area contributed by atoms with Crippen molar-refractivity contribution >= 4 is 17.6 Å². The molecule has 0 aromatic heterocycles. The Balaban J connectivity index is 1.99. The van der Waals surface area contributed by atoms with Crippen molar-refractivity contribution in [3.05, 3.63) is 101 Å². The molecule has 0 aliphatic rings. The van der Waals surface area contributed by atoms with E-state index in [2.05, 4.69) is 5.32 Å². The lowest BCUT2D eigenvalue weighted by Gasteiger charge is -2.19. The minimum absolute atomic E-state index is 0.0817. The zero-order valence-electron chi connectivity index (χ0n) is 14.3. The van der Waals surface area contributed by atoms with E-state index >= 15 is 0 Å². The highest BCUT2D eigenvalue weighted by Crippen LogP contribution is 2.27. The van der Waals surface area contributed by atoms with E-state index < -0.39 is 11.9 Å². The van der Waals surface area contributed by atoms with E-state index in [1.54, 1.807) is 18.2 Å². The number of aryl methyl sites for hydroxylation is 1. The molecule has 4 heteroatoms. The summed E-state index contributed by atoms with van der Waals surface area (Å²) in [6.07, 6.45) is 0. The number of aromatic carboxylic acids is 1. The largest absolute Gasteiger partial charge is 0.478 e. The van der Waals surface area contributed by atoms with Gasteiger partial charge in [0.15, 0.2) is 0 Å². The molecule has 26 heavy (non-hydrogen) atoms. The first-order valence-corrected chi connectivity index (χ1v) is 8.31. The van der Waals surface area contributed by atoms with E-state index in [0.29, 0.717) is 5.69 Å². The summed E-state index contributed by atoms with van der Waals surface area (Å²) in [4.78, 5) is 24.6. The fourth-order valence-corrected chi connectivity index (χ4v) is 2.94. The van der Waals surface area contributed by atoms with Gasteiger partial charge in [0.05, 0.1) is 17.2 Å². The second-order valence-corrected chi connectivity index (χ2v) is 6.10. The Bertz CT molecular complexity index is 881. The lowest BCUT2D eigenvalue weighted by molar-refractivity contribution is -0.116. The normalized spacial score (nSPS) is 10.5. The molecule has 0 saturated carbocycles. The van der Waals surface area contributed by atoms with Crippen LogP contribution in [0.1, 0.15) is 33.0 Å². The van der Waals surface area contributed by atoms with Crippen molar-refractivity contribution in [2.45, 2.75) is 12.8 Å². The summed E-state index contributed by atoms with van der Waals surface area (Å²) < 4.78 is 0. The first-order chi connectivity index (χ1) is 12.6. The van der Waals surface area contributed by atoms with Gasteiger partial charge in [0.1, 0.15) is 0 Å². The number of hydrogen-bond acceptors (Lipinski definition) is 2. The standard InChI is InChI=1S/C22H19NO3/c1-15-12-13-19(18(14-15)22(25)26)23-21(24)20(16-8-4-2-5-9-16)17-10-6-3-7-11-17/h2-14,20H,1H3,(H,23,24)(H,25,26). The smallest absolute Gasteiger partial charge is 0.337 e. The Labute approximate surface area is 152 Å². The van der Waals surface area contributed by atoms with Gasteiger partial charge in [0.2, 0.25) is 5.91 Å². The van der Waals surface area contributed by atoms with E-state index in [-0.39, 0.29) is 11.5 Å². The maximum Gasteiger partial charge on any atom is 0.337 e. The summed E-state index contributed by atoms with van der Waals surface area (Å²) in [5, 5.41) is 12.2. The molecule has 0 aliphatic heterocycles. The van der Waals surface area contributed by atoms with E-state index in [1.165, 1.54) is 0 Å². The van der Waals surface area contributed by atoms with Crippen LogP contribution in [-0.2, 0) is 4.79 Å². The van der Waals surface area contributed by atoms with Gasteiger partial charge in [-0.05, 0) is 30.2 Å². The van der Waals surface area contributed by atoms with Crippen LogP contribution in [0.5, 0.6) is 0 Å². The van der Waals surface area contributed by atoms with Gasteiger partial charge in [-0.25, -0.2) is 4.79 Å². The maximum atomic E-state index is 13.1. The predicted molar refractivity (Wildman–Crippen MR) is 101 cm³/mol. The topological polar surface area (TPSA) is 66.4 Å². The minimum atomic E-state index is -1.07. The third kappa shape index (κ3) is 3.81. The summed E-state index contributed by atoms with van der Waals surface area (Å²) in [6, 6.07) is 23.9. The van der Waals surface area contributed by atoms with E-state index in [4.69, 9.17) is 0 Å². The van der Waals surface area contributed by atoms with Crippen molar-refractivity contribution in [1.29, 1.82) is 0 Å². The molecule has 1 amide bonds. The van der Waals surface area contributed by atoms with Crippen LogP contribution in [0.3, 0.4) is 0 Å². The summed E-state index contributed by atoms with van der Waals surface area (Å²) in [6.45, 7) is 1.81. The first-order valence-electron chi connectivity index (χ1n) is 8.31. The molecule has 2 N–H and O–H groups in total. The average molecular weight is 345 g/mol. The molecule has 3 rings (SSSR count). The zero-order valence-corrected chi connectivity index (χ0v) is 14.3. The lowest BCUT2D eigenvalue weighted by Crippen LogP contribution is -2.23. The molecular weight excluding hydrogens is 326 g/mol. The van der Waals surface area contributed by atoms with Crippen molar-refractivity contribution in [2.75, 3.05) is 5.32 Å². The number of amides is 1. The molecule has 3 aromatic rings. The molecule has 3 aromatic carbocycles. The minimum Gasteiger partial charge on any atom is -0.478 e. The molecule has 0 fully saturated rings. The van der Waals surface area contributed by atoms with Crippen molar-refractivity contribution in [2.24, 2.45) is 0 Å². The number of carbonyl (C=O) groups is 2. The van der Waals surface area contributed by atoms with Gasteiger partial charge < -0.3 is 10.4 Å². The SMILES string of the molecule is Cc1ccc(NC(=O)C(c2ccccc2)c2ccccc2)c(C(=O)O)c1. The van der Waals surface area contributed by atoms with Crippen LogP contribution in [0.25, 0.3) is 0 Å². The van der Waals surface area contributed by atoms with Crippen LogP contribution < -0.4 is 5.32 Å². The maximum absolute atomic E-state index is 13.1. The van der Waals surface area contributed by atoms with Gasteiger partial charge in [0, 0.05) is 0 Å². The van der Waals surface area contributed by atoms with Gasteiger partial charge >= 0.3 is 5.97 Å². The number of rotatable bonds is 5. The number of carboxylic acid groups (broad SMARTS) is 1. The van der Waals surface area contributed by atoms with E-state index in [0.717, 1.165) is 16.7 Å².